The van der Waals surface area contributed by atoms with Gasteiger partial charge in [-0.3, -0.25) is 9.69 Å². The smallest absolute Gasteiger partial charge is 0.238 e. The second-order valence-electron chi connectivity index (χ2n) is 3.87. The molecular weight excluding hydrogens is 248 g/mol. The standard InChI is InChI=1S/C13H20N2O2S/c1-3-15(7-8-16)10-13(17)14-11-5-4-6-12(9-11)18-2/h4-6,9,16H,3,7-8,10H2,1-2H3,(H,14,17). The van der Waals surface area contributed by atoms with Crippen LogP contribution in [0.4, 0.5) is 5.69 Å². The molecule has 1 aromatic rings. The van der Waals surface area contributed by atoms with Gasteiger partial charge in [0.15, 0.2) is 0 Å². The maximum Gasteiger partial charge on any atom is 0.238 e. The number of amides is 1. The van der Waals surface area contributed by atoms with E-state index in [1.54, 1.807) is 11.8 Å². The molecule has 0 radical (unpaired) electrons. The van der Waals surface area contributed by atoms with Gasteiger partial charge in [-0.25, -0.2) is 0 Å². The van der Waals surface area contributed by atoms with Gasteiger partial charge in [0.25, 0.3) is 0 Å². The molecule has 2 N–H and O–H groups in total. The average molecular weight is 268 g/mol. The second-order valence-corrected chi connectivity index (χ2v) is 4.75. The zero-order valence-corrected chi connectivity index (χ0v) is 11.7. The van der Waals surface area contributed by atoms with Gasteiger partial charge in [0.2, 0.25) is 5.91 Å². The quantitative estimate of drug-likeness (QED) is 0.739. The zero-order valence-electron chi connectivity index (χ0n) is 10.8. The lowest BCUT2D eigenvalue weighted by Gasteiger charge is -2.18. The molecule has 0 aliphatic heterocycles. The fraction of sp³-hybridized carbons (Fsp3) is 0.462. The lowest BCUT2D eigenvalue weighted by molar-refractivity contribution is -0.117. The Morgan fingerprint density at radius 3 is 2.89 bits per heavy atom. The molecule has 0 aliphatic carbocycles. The molecule has 0 bridgehead atoms. The van der Waals surface area contributed by atoms with Crippen molar-refractivity contribution in [3.05, 3.63) is 24.3 Å². The number of thioether (sulfide) groups is 1. The maximum absolute atomic E-state index is 11.8. The van der Waals surface area contributed by atoms with Crippen molar-refractivity contribution in [2.75, 3.05) is 37.8 Å². The van der Waals surface area contributed by atoms with E-state index in [4.69, 9.17) is 5.11 Å². The van der Waals surface area contributed by atoms with Crippen LogP contribution in [0.5, 0.6) is 0 Å². The monoisotopic (exact) mass is 268 g/mol. The number of hydrogen-bond acceptors (Lipinski definition) is 4. The second kappa shape index (κ2) is 8.13. The van der Waals surface area contributed by atoms with Crippen LogP contribution in [0.1, 0.15) is 6.92 Å². The van der Waals surface area contributed by atoms with E-state index in [1.807, 2.05) is 42.3 Å². The Morgan fingerprint density at radius 2 is 2.28 bits per heavy atom. The Bertz CT molecular complexity index is 385. The number of anilines is 1. The molecule has 0 atom stereocenters. The van der Waals surface area contributed by atoms with Crippen LogP contribution in [0.3, 0.4) is 0 Å². The minimum Gasteiger partial charge on any atom is -0.395 e. The van der Waals surface area contributed by atoms with Crippen LogP contribution < -0.4 is 5.32 Å². The molecule has 18 heavy (non-hydrogen) atoms. The molecule has 1 amide bonds. The highest BCUT2D eigenvalue weighted by atomic mass is 32.2. The lowest BCUT2D eigenvalue weighted by atomic mass is 10.3. The summed E-state index contributed by atoms with van der Waals surface area (Å²) < 4.78 is 0. The van der Waals surface area contributed by atoms with E-state index in [-0.39, 0.29) is 12.5 Å². The summed E-state index contributed by atoms with van der Waals surface area (Å²) in [4.78, 5) is 14.8. The van der Waals surface area contributed by atoms with Crippen LogP contribution in [0.25, 0.3) is 0 Å². The van der Waals surface area contributed by atoms with Crippen LogP contribution in [0.2, 0.25) is 0 Å². The highest BCUT2D eigenvalue weighted by molar-refractivity contribution is 7.98. The summed E-state index contributed by atoms with van der Waals surface area (Å²) in [6, 6.07) is 7.75. The Morgan fingerprint density at radius 1 is 1.50 bits per heavy atom. The van der Waals surface area contributed by atoms with Crippen molar-refractivity contribution in [3.63, 3.8) is 0 Å². The number of aliphatic hydroxyl groups excluding tert-OH is 1. The third-order valence-corrected chi connectivity index (χ3v) is 3.31. The summed E-state index contributed by atoms with van der Waals surface area (Å²) in [5, 5.41) is 11.7. The lowest BCUT2D eigenvalue weighted by Crippen LogP contribution is -2.35. The first kappa shape index (κ1) is 15.0. The van der Waals surface area contributed by atoms with Crippen molar-refractivity contribution in [1.29, 1.82) is 0 Å². The zero-order chi connectivity index (χ0) is 13.4. The van der Waals surface area contributed by atoms with Crippen LogP contribution in [-0.4, -0.2) is 48.4 Å². The first-order chi connectivity index (χ1) is 8.69. The molecule has 1 rings (SSSR count). The predicted molar refractivity (Wildman–Crippen MR) is 76.1 cm³/mol. The van der Waals surface area contributed by atoms with Gasteiger partial charge in [-0.15, -0.1) is 11.8 Å². The van der Waals surface area contributed by atoms with E-state index >= 15 is 0 Å². The van der Waals surface area contributed by atoms with Gasteiger partial charge in [-0.1, -0.05) is 13.0 Å². The Balaban J connectivity index is 2.52. The van der Waals surface area contributed by atoms with Crippen LogP contribution in [0.15, 0.2) is 29.2 Å². The van der Waals surface area contributed by atoms with Crippen molar-refractivity contribution >= 4 is 23.4 Å². The highest BCUT2D eigenvalue weighted by Gasteiger charge is 2.08. The van der Waals surface area contributed by atoms with E-state index in [9.17, 15) is 4.79 Å². The van der Waals surface area contributed by atoms with Gasteiger partial charge in [0.05, 0.1) is 13.2 Å². The van der Waals surface area contributed by atoms with E-state index in [1.165, 1.54) is 0 Å². The molecule has 0 aliphatic rings. The fourth-order valence-corrected chi connectivity index (χ4v) is 2.05. The van der Waals surface area contributed by atoms with Gasteiger partial charge in [0.1, 0.15) is 0 Å². The Labute approximate surface area is 112 Å². The molecule has 0 spiro atoms. The number of likely N-dealkylation sites (N-methyl/N-ethyl adjacent to an activating group) is 1. The minimum atomic E-state index is -0.0523. The van der Waals surface area contributed by atoms with Crippen molar-refractivity contribution in [3.8, 4) is 0 Å². The normalized spacial score (nSPS) is 10.7. The molecule has 5 heteroatoms. The summed E-state index contributed by atoms with van der Waals surface area (Å²) in [6.45, 7) is 3.62. The van der Waals surface area contributed by atoms with Crippen molar-refractivity contribution in [2.45, 2.75) is 11.8 Å². The average Bonchev–Trinajstić information content (AvgIpc) is 2.38. The topological polar surface area (TPSA) is 52.6 Å². The third kappa shape index (κ3) is 5.08. The number of nitrogens with zero attached hydrogens (tertiary/aromatic N) is 1. The number of carbonyl (C=O) groups excluding carboxylic acids is 1. The van der Waals surface area contributed by atoms with Gasteiger partial charge in [-0.05, 0) is 31.0 Å². The first-order valence-corrected chi connectivity index (χ1v) is 7.19. The minimum absolute atomic E-state index is 0.0523. The first-order valence-electron chi connectivity index (χ1n) is 5.96. The number of nitrogens with one attached hydrogen (secondary N) is 1. The number of hydrogen-bond donors (Lipinski definition) is 2. The Kier molecular flexibility index (Phi) is 6.78. The van der Waals surface area contributed by atoms with Crippen LogP contribution in [0, 0.1) is 0 Å². The fourth-order valence-electron chi connectivity index (χ4n) is 1.59. The molecule has 1 aromatic carbocycles. The largest absolute Gasteiger partial charge is 0.395 e. The number of carbonyl (C=O) groups is 1. The molecule has 100 valence electrons. The number of aliphatic hydroxyl groups is 1. The molecule has 0 saturated carbocycles. The molecule has 0 saturated heterocycles. The van der Waals surface area contributed by atoms with Gasteiger partial charge in [-0.2, -0.15) is 0 Å². The molecule has 0 unspecified atom stereocenters. The SMILES string of the molecule is CCN(CCO)CC(=O)Nc1cccc(SC)c1. The molecule has 0 heterocycles. The predicted octanol–water partition coefficient (Wildman–Crippen LogP) is 1.66. The maximum atomic E-state index is 11.8. The van der Waals surface area contributed by atoms with E-state index in [2.05, 4.69) is 5.32 Å². The third-order valence-electron chi connectivity index (χ3n) is 2.58. The van der Waals surface area contributed by atoms with Crippen LogP contribution in [-0.2, 0) is 4.79 Å². The summed E-state index contributed by atoms with van der Waals surface area (Å²) in [5.74, 6) is -0.0523. The Hall–Kier alpha value is -1.04. The van der Waals surface area contributed by atoms with E-state index < -0.39 is 0 Å². The van der Waals surface area contributed by atoms with Crippen LogP contribution >= 0.6 is 11.8 Å². The molecule has 4 nitrogen and oxygen atoms in total. The summed E-state index contributed by atoms with van der Waals surface area (Å²) >= 11 is 1.64. The summed E-state index contributed by atoms with van der Waals surface area (Å²) in [6.07, 6.45) is 2.00. The summed E-state index contributed by atoms with van der Waals surface area (Å²) in [5.41, 5.74) is 0.812. The van der Waals surface area contributed by atoms with E-state index in [0.717, 1.165) is 17.1 Å². The molecule has 0 fully saturated rings. The number of rotatable bonds is 7. The highest BCUT2D eigenvalue weighted by Crippen LogP contribution is 2.18. The van der Waals surface area contributed by atoms with Gasteiger partial charge < -0.3 is 10.4 Å². The van der Waals surface area contributed by atoms with Gasteiger partial charge >= 0.3 is 0 Å². The van der Waals surface area contributed by atoms with E-state index in [0.29, 0.717) is 13.1 Å². The van der Waals surface area contributed by atoms with Crippen molar-refractivity contribution < 1.29 is 9.90 Å². The van der Waals surface area contributed by atoms with Crippen molar-refractivity contribution in [1.82, 2.24) is 4.90 Å². The molecule has 0 aromatic heterocycles. The summed E-state index contributed by atoms with van der Waals surface area (Å²) in [7, 11) is 0. The number of benzene rings is 1. The molecular formula is C13H20N2O2S. The van der Waals surface area contributed by atoms with Gasteiger partial charge in [0, 0.05) is 17.1 Å². The van der Waals surface area contributed by atoms with Crippen molar-refractivity contribution in [2.24, 2.45) is 0 Å².